The standard InChI is InChI=1S/C11H14N2.2ClH/c1-2-4-10-9(3-1)11-8(7-13-10)5-6-12-11;;/h1-4,8,10,12-13H,5-7H2;2*1H. The highest BCUT2D eigenvalue weighted by atomic mass is 35.5. The smallest absolute Gasteiger partial charge is 0.0526 e. The Morgan fingerprint density at radius 2 is 2.07 bits per heavy atom. The summed E-state index contributed by atoms with van der Waals surface area (Å²) in [6, 6.07) is 0.460. The molecule has 4 heteroatoms. The van der Waals surface area contributed by atoms with Crippen molar-refractivity contribution in [1.29, 1.82) is 0 Å². The molecule has 0 amide bonds. The van der Waals surface area contributed by atoms with E-state index < -0.39 is 0 Å². The maximum atomic E-state index is 3.56. The molecule has 2 N–H and O–H groups in total. The van der Waals surface area contributed by atoms with Crippen molar-refractivity contribution in [2.24, 2.45) is 5.92 Å². The van der Waals surface area contributed by atoms with Gasteiger partial charge in [-0.15, -0.1) is 24.8 Å². The third-order valence-corrected chi connectivity index (χ3v) is 3.14. The minimum absolute atomic E-state index is 0. The Balaban J connectivity index is 0.000000562. The molecule has 2 unspecified atom stereocenters. The molecule has 0 saturated carbocycles. The van der Waals surface area contributed by atoms with Crippen LogP contribution in [0.2, 0.25) is 0 Å². The molecule has 0 aromatic rings. The van der Waals surface area contributed by atoms with Gasteiger partial charge in [0.2, 0.25) is 0 Å². The van der Waals surface area contributed by atoms with Crippen LogP contribution in [0.1, 0.15) is 6.42 Å². The molecule has 2 heterocycles. The van der Waals surface area contributed by atoms with Crippen molar-refractivity contribution in [2.45, 2.75) is 12.5 Å². The molecular formula is C11H16Cl2N2. The fourth-order valence-electron chi connectivity index (χ4n) is 2.46. The van der Waals surface area contributed by atoms with Gasteiger partial charge in [0.25, 0.3) is 0 Å². The van der Waals surface area contributed by atoms with E-state index in [1.54, 1.807) is 0 Å². The Kier molecular flexibility index (Phi) is 4.26. The van der Waals surface area contributed by atoms with Crippen LogP contribution >= 0.6 is 24.8 Å². The lowest BCUT2D eigenvalue weighted by Gasteiger charge is -2.29. The lowest BCUT2D eigenvalue weighted by molar-refractivity contribution is 0.499. The average Bonchev–Trinajstić information content (AvgIpc) is 2.65. The van der Waals surface area contributed by atoms with Crippen LogP contribution in [0.25, 0.3) is 0 Å². The zero-order valence-electron chi connectivity index (χ0n) is 8.40. The molecule has 0 aromatic carbocycles. The second-order valence-electron chi connectivity index (χ2n) is 3.91. The molecule has 15 heavy (non-hydrogen) atoms. The minimum atomic E-state index is 0. The van der Waals surface area contributed by atoms with Gasteiger partial charge in [-0.3, -0.25) is 0 Å². The Hall–Kier alpha value is -0.440. The fourth-order valence-corrected chi connectivity index (χ4v) is 2.46. The molecule has 1 fully saturated rings. The largest absolute Gasteiger partial charge is 0.388 e. The molecule has 0 radical (unpaired) electrons. The number of rotatable bonds is 0. The topological polar surface area (TPSA) is 24.1 Å². The lowest BCUT2D eigenvalue weighted by atomic mass is 9.90. The van der Waals surface area contributed by atoms with E-state index in [1.807, 2.05) is 0 Å². The van der Waals surface area contributed by atoms with Crippen LogP contribution in [-0.4, -0.2) is 19.1 Å². The molecule has 1 saturated heterocycles. The van der Waals surface area contributed by atoms with Crippen molar-refractivity contribution in [1.82, 2.24) is 10.6 Å². The first-order valence-electron chi connectivity index (χ1n) is 5.01. The lowest BCUT2D eigenvalue weighted by Crippen LogP contribution is -2.40. The van der Waals surface area contributed by atoms with E-state index in [9.17, 15) is 0 Å². The van der Waals surface area contributed by atoms with Gasteiger partial charge in [-0.25, -0.2) is 0 Å². The van der Waals surface area contributed by atoms with E-state index >= 15 is 0 Å². The highest BCUT2D eigenvalue weighted by molar-refractivity contribution is 5.85. The Bertz CT molecular complexity index is 321. The first kappa shape index (κ1) is 12.6. The van der Waals surface area contributed by atoms with Crippen LogP contribution in [-0.2, 0) is 0 Å². The first-order chi connectivity index (χ1) is 6.45. The van der Waals surface area contributed by atoms with Gasteiger partial charge in [-0.1, -0.05) is 24.3 Å². The maximum Gasteiger partial charge on any atom is 0.0526 e. The molecule has 1 aliphatic carbocycles. The molecular weight excluding hydrogens is 231 g/mol. The van der Waals surface area contributed by atoms with Gasteiger partial charge in [0.1, 0.15) is 0 Å². The summed E-state index contributed by atoms with van der Waals surface area (Å²) in [6.07, 6.45) is 10.0. The summed E-state index contributed by atoms with van der Waals surface area (Å²) in [6.45, 7) is 2.28. The highest BCUT2D eigenvalue weighted by Gasteiger charge is 2.30. The molecule has 0 aromatic heterocycles. The van der Waals surface area contributed by atoms with Crippen LogP contribution < -0.4 is 10.6 Å². The number of hydrogen-bond donors (Lipinski definition) is 2. The molecule has 2 atom stereocenters. The van der Waals surface area contributed by atoms with E-state index in [0.29, 0.717) is 6.04 Å². The summed E-state index contributed by atoms with van der Waals surface area (Å²) >= 11 is 0. The van der Waals surface area contributed by atoms with Gasteiger partial charge in [0, 0.05) is 24.7 Å². The van der Waals surface area contributed by atoms with Gasteiger partial charge in [0.15, 0.2) is 0 Å². The number of hydrogen-bond acceptors (Lipinski definition) is 2. The van der Waals surface area contributed by atoms with Gasteiger partial charge in [-0.2, -0.15) is 0 Å². The molecule has 2 aliphatic heterocycles. The zero-order valence-corrected chi connectivity index (χ0v) is 10.0. The summed E-state index contributed by atoms with van der Waals surface area (Å²) in [4.78, 5) is 0. The van der Waals surface area contributed by atoms with E-state index in [0.717, 1.165) is 19.0 Å². The van der Waals surface area contributed by atoms with Gasteiger partial charge in [-0.05, 0) is 12.0 Å². The summed E-state index contributed by atoms with van der Waals surface area (Å²) in [5, 5.41) is 7.07. The van der Waals surface area contributed by atoms with Crippen molar-refractivity contribution < 1.29 is 0 Å². The summed E-state index contributed by atoms with van der Waals surface area (Å²) in [5.41, 5.74) is 2.94. The highest BCUT2D eigenvalue weighted by Crippen LogP contribution is 2.29. The molecule has 3 rings (SSSR count). The number of halogens is 2. The van der Waals surface area contributed by atoms with Gasteiger partial charge in [0.05, 0.1) is 6.04 Å². The molecule has 84 valence electrons. The molecule has 3 aliphatic rings. The van der Waals surface area contributed by atoms with Gasteiger partial charge < -0.3 is 10.6 Å². The minimum Gasteiger partial charge on any atom is -0.388 e. The maximum absolute atomic E-state index is 3.56. The Morgan fingerprint density at radius 1 is 1.20 bits per heavy atom. The van der Waals surface area contributed by atoms with E-state index in [4.69, 9.17) is 0 Å². The van der Waals surface area contributed by atoms with Crippen LogP contribution in [0, 0.1) is 5.92 Å². The summed E-state index contributed by atoms with van der Waals surface area (Å²) in [7, 11) is 0. The normalized spacial score (nSPS) is 30.9. The van der Waals surface area contributed by atoms with Crippen LogP contribution in [0.5, 0.6) is 0 Å². The second-order valence-corrected chi connectivity index (χ2v) is 3.91. The van der Waals surface area contributed by atoms with Crippen LogP contribution in [0.3, 0.4) is 0 Å². The number of allylic oxidation sites excluding steroid dienone is 2. The summed E-state index contributed by atoms with van der Waals surface area (Å²) < 4.78 is 0. The van der Waals surface area contributed by atoms with E-state index in [-0.39, 0.29) is 24.8 Å². The van der Waals surface area contributed by atoms with Crippen molar-refractivity contribution in [3.05, 3.63) is 35.6 Å². The van der Waals surface area contributed by atoms with Crippen molar-refractivity contribution in [2.75, 3.05) is 13.1 Å². The van der Waals surface area contributed by atoms with E-state index in [1.165, 1.54) is 17.7 Å². The third kappa shape index (κ3) is 2.07. The third-order valence-electron chi connectivity index (χ3n) is 3.14. The Labute approximate surface area is 103 Å². The quantitative estimate of drug-likeness (QED) is 0.682. The molecule has 2 nitrogen and oxygen atoms in total. The predicted molar refractivity (Wildman–Crippen MR) is 67.7 cm³/mol. The van der Waals surface area contributed by atoms with Crippen LogP contribution in [0.4, 0.5) is 0 Å². The van der Waals surface area contributed by atoms with Crippen LogP contribution in [0.15, 0.2) is 35.6 Å². The first-order valence-corrected chi connectivity index (χ1v) is 5.01. The van der Waals surface area contributed by atoms with Gasteiger partial charge >= 0.3 is 0 Å². The predicted octanol–water partition coefficient (Wildman–Crippen LogP) is 1.79. The van der Waals surface area contributed by atoms with Crippen molar-refractivity contribution in [3.8, 4) is 0 Å². The number of fused-ring (bicyclic) bond motifs is 2. The monoisotopic (exact) mass is 246 g/mol. The SMILES string of the molecule is C1=CC2=C3NCCC3CNC2C=C1.Cl.Cl. The summed E-state index contributed by atoms with van der Waals surface area (Å²) in [5.74, 6) is 0.738. The van der Waals surface area contributed by atoms with E-state index in [2.05, 4.69) is 34.9 Å². The number of nitrogens with one attached hydrogen (secondary N) is 2. The van der Waals surface area contributed by atoms with Crippen molar-refractivity contribution >= 4 is 24.8 Å². The molecule has 0 bridgehead atoms. The average molecular weight is 247 g/mol. The second kappa shape index (κ2) is 5.06. The fraction of sp³-hybridized carbons (Fsp3) is 0.455. The Morgan fingerprint density at radius 3 is 2.93 bits per heavy atom. The van der Waals surface area contributed by atoms with Crippen molar-refractivity contribution in [3.63, 3.8) is 0 Å². The zero-order chi connectivity index (χ0) is 8.67. The molecule has 0 spiro atoms.